The van der Waals surface area contributed by atoms with Crippen molar-refractivity contribution in [3.05, 3.63) is 35.4 Å². The van der Waals surface area contributed by atoms with Crippen LogP contribution in [-0.2, 0) is 0 Å². The first-order valence-corrected chi connectivity index (χ1v) is 5.51. The van der Waals surface area contributed by atoms with Crippen molar-refractivity contribution in [1.29, 1.82) is 0 Å². The van der Waals surface area contributed by atoms with Gasteiger partial charge in [0.15, 0.2) is 5.78 Å². The number of carbonyl (C=O) groups excluding carboxylic acids is 1. The maximum absolute atomic E-state index is 11.8. The van der Waals surface area contributed by atoms with Crippen LogP contribution in [0.5, 0.6) is 0 Å². The summed E-state index contributed by atoms with van der Waals surface area (Å²) in [4.78, 5) is 11.8. The third-order valence-electron chi connectivity index (χ3n) is 2.54. The number of nitrogens with two attached hydrogens (primary N) is 1. The van der Waals surface area contributed by atoms with E-state index in [0.29, 0.717) is 0 Å². The van der Waals surface area contributed by atoms with Crippen LogP contribution in [0.4, 0.5) is 0 Å². The minimum absolute atomic E-state index is 0.0588. The van der Waals surface area contributed by atoms with Crippen LogP contribution in [0.15, 0.2) is 24.3 Å². The smallest absolute Gasteiger partial charge is 0.179 e. The van der Waals surface area contributed by atoms with E-state index >= 15 is 0 Å². The van der Waals surface area contributed by atoms with E-state index in [1.807, 2.05) is 31.2 Å². The molecule has 0 aliphatic carbocycles. The molecule has 0 bridgehead atoms. The van der Waals surface area contributed by atoms with Crippen molar-refractivity contribution >= 4 is 5.78 Å². The molecule has 1 aromatic carbocycles. The lowest BCUT2D eigenvalue weighted by atomic mass is 10.00. The molecule has 2 heteroatoms. The van der Waals surface area contributed by atoms with Crippen molar-refractivity contribution in [3.63, 3.8) is 0 Å². The quantitative estimate of drug-likeness (QED) is 0.751. The molecular formula is C13H19NO. The molecule has 0 amide bonds. The number of carbonyl (C=O) groups is 1. The minimum atomic E-state index is -0.340. The number of rotatable bonds is 5. The second kappa shape index (κ2) is 5.66. The Bertz CT molecular complexity index is 316. The van der Waals surface area contributed by atoms with Crippen molar-refractivity contribution in [2.75, 3.05) is 0 Å². The largest absolute Gasteiger partial charge is 0.321 e. The van der Waals surface area contributed by atoms with E-state index in [-0.39, 0.29) is 11.8 Å². The number of ketones is 1. The molecule has 1 atom stereocenters. The van der Waals surface area contributed by atoms with Gasteiger partial charge in [0.2, 0.25) is 0 Å². The fourth-order valence-electron chi connectivity index (χ4n) is 1.49. The molecule has 2 N–H and O–H groups in total. The fraction of sp³-hybridized carbons (Fsp3) is 0.462. The number of hydrogen-bond acceptors (Lipinski definition) is 2. The Morgan fingerprint density at radius 2 is 1.93 bits per heavy atom. The third kappa shape index (κ3) is 3.48. The maximum Gasteiger partial charge on any atom is 0.179 e. The molecule has 0 aliphatic rings. The third-order valence-corrected chi connectivity index (χ3v) is 2.54. The number of Topliss-reactive ketones (excluding diaryl/α,β-unsaturated/α-hetero) is 1. The first-order valence-electron chi connectivity index (χ1n) is 5.51. The molecule has 15 heavy (non-hydrogen) atoms. The highest BCUT2D eigenvalue weighted by atomic mass is 16.1. The second-order valence-electron chi connectivity index (χ2n) is 3.98. The molecule has 0 radical (unpaired) electrons. The monoisotopic (exact) mass is 205 g/mol. The summed E-state index contributed by atoms with van der Waals surface area (Å²) in [6, 6.07) is 7.25. The number of unbranched alkanes of at least 4 members (excludes halogenated alkanes) is 1. The highest BCUT2D eigenvalue weighted by Crippen LogP contribution is 2.08. The van der Waals surface area contributed by atoms with Crippen LogP contribution in [0.3, 0.4) is 0 Å². The highest BCUT2D eigenvalue weighted by molar-refractivity contribution is 5.99. The number of hydrogen-bond donors (Lipinski definition) is 1. The molecule has 0 aliphatic heterocycles. The molecule has 1 rings (SSSR count). The maximum atomic E-state index is 11.8. The van der Waals surface area contributed by atoms with Crippen LogP contribution in [-0.4, -0.2) is 11.8 Å². The van der Waals surface area contributed by atoms with Crippen molar-refractivity contribution < 1.29 is 4.79 Å². The van der Waals surface area contributed by atoms with Gasteiger partial charge in [-0.25, -0.2) is 0 Å². The molecule has 0 aromatic heterocycles. The van der Waals surface area contributed by atoms with Gasteiger partial charge in [0.1, 0.15) is 0 Å². The molecule has 0 fully saturated rings. The summed E-state index contributed by atoms with van der Waals surface area (Å²) in [5.41, 5.74) is 7.71. The van der Waals surface area contributed by atoms with Gasteiger partial charge in [-0.1, -0.05) is 49.6 Å². The molecule has 82 valence electrons. The second-order valence-corrected chi connectivity index (χ2v) is 3.98. The Hall–Kier alpha value is -1.15. The van der Waals surface area contributed by atoms with Gasteiger partial charge in [-0.15, -0.1) is 0 Å². The predicted octanol–water partition coefficient (Wildman–Crippen LogP) is 2.70. The van der Waals surface area contributed by atoms with Crippen molar-refractivity contribution in [2.45, 2.75) is 39.2 Å². The predicted molar refractivity (Wildman–Crippen MR) is 63.0 cm³/mol. The Morgan fingerprint density at radius 3 is 2.47 bits per heavy atom. The lowest BCUT2D eigenvalue weighted by molar-refractivity contribution is 0.0956. The van der Waals surface area contributed by atoms with Gasteiger partial charge in [-0.3, -0.25) is 4.79 Å². The topological polar surface area (TPSA) is 43.1 Å². The van der Waals surface area contributed by atoms with E-state index in [0.717, 1.165) is 30.4 Å². The summed E-state index contributed by atoms with van der Waals surface area (Å²) in [7, 11) is 0. The Kier molecular flexibility index (Phi) is 4.50. The van der Waals surface area contributed by atoms with Gasteiger partial charge in [0.05, 0.1) is 6.04 Å². The zero-order chi connectivity index (χ0) is 11.3. The van der Waals surface area contributed by atoms with Crippen molar-refractivity contribution in [3.8, 4) is 0 Å². The van der Waals surface area contributed by atoms with E-state index in [4.69, 9.17) is 5.73 Å². The molecule has 1 aromatic rings. The highest BCUT2D eigenvalue weighted by Gasteiger charge is 2.14. The molecule has 0 spiro atoms. The molecule has 0 saturated carbocycles. The van der Waals surface area contributed by atoms with Gasteiger partial charge in [0.25, 0.3) is 0 Å². The summed E-state index contributed by atoms with van der Waals surface area (Å²) < 4.78 is 0. The molecular weight excluding hydrogens is 186 g/mol. The summed E-state index contributed by atoms with van der Waals surface area (Å²) in [6.45, 7) is 4.11. The van der Waals surface area contributed by atoms with E-state index in [9.17, 15) is 4.79 Å². The van der Waals surface area contributed by atoms with Gasteiger partial charge in [-0.05, 0) is 13.3 Å². The first kappa shape index (κ1) is 11.9. The Balaban J connectivity index is 2.63. The molecule has 0 saturated heterocycles. The van der Waals surface area contributed by atoms with Crippen LogP contribution in [0, 0.1) is 6.92 Å². The van der Waals surface area contributed by atoms with Gasteiger partial charge in [0, 0.05) is 5.56 Å². The van der Waals surface area contributed by atoms with Crippen LogP contribution < -0.4 is 5.73 Å². The van der Waals surface area contributed by atoms with Gasteiger partial charge < -0.3 is 5.73 Å². The first-order chi connectivity index (χ1) is 7.15. The number of benzene rings is 1. The summed E-state index contributed by atoms with van der Waals surface area (Å²) in [6.07, 6.45) is 2.87. The molecule has 1 unspecified atom stereocenters. The van der Waals surface area contributed by atoms with E-state index in [1.165, 1.54) is 0 Å². The van der Waals surface area contributed by atoms with Crippen LogP contribution in [0.25, 0.3) is 0 Å². The molecule has 2 nitrogen and oxygen atoms in total. The average molecular weight is 205 g/mol. The SMILES string of the molecule is CCCCC(N)C(=O)c1ccc(C)cc1. The number of aryl methyl sites for hydroxylation is 1. The normalized spacial score (nSPS) is 12.5. The summed E-state index contributed by atoms with van der Waals surface area (Å²) in [5, 5.41) is 0. The summed E-state index contributed by atoms with van der Waals surface area (Å²) >= 11 is 0. The molecule has 0 heterocycles. The van der Waals surface area contributed by atoms with Gasteiger partial charge >= 0.3 is 0 Å². The minimum Gasteiger partial charge on any atom is -0.321 e. The lowest BCUT2D eigenvalue weighted by Crippen LogP contribution is -2.30. The standard InChI is InChI=1S/C13H19NO/c1-3-4-5-12(14)13(15)11-8-6-10(2)7-9-11/h6-9,12H,3-5,14H2,1-2H3. The zero-order valence-electron chi connectivity index (χ0n) is 9.49. The zero-order valence-corrected chi connectivity index (χ0v) is 9.49. The average Bonchev–Trinajstić information content (AvgIpc) is 2.26. The van der Waals surface area contributed by atoms with E-state index < -0.39 is 0 Å². The Morgan fingerprint density at radius 1 is 1.33 bits per heavy atom. The van der Waals surface area contributed by atoms with Crippen molar-refractivity contribution in [2.24, 2.45) is 5.73 Å². The Labute approximate surface area is 91.5 Å². The summed E-state index contributed by atoms with van der Waals surface area (Å²) in [5.74, 6) is 0.0588. The van der Waals surface area contributed by atoms with Crippen LogP contribution >= 0.6 is 0 Å². The van der Waals surface area contributed by atoms with E-state index in [1.54, 1.807) is 0 Å². The fourth-order valence-corrected chi connectivity index (χ4v) is 1.49. The van der Waals surface area contributed by atoms with Crippen LogP contribution in [0.1, 0.15) is 42.1 Å². The lowest BCUT2D eigenvalue weighted by Gasteiger charge is -2.09. The van der Waals surface area contributed by atoms with Gasteiger partial charge in [-0.2, -0.15) is 0 Å². The van der Waals surface area contributed by atoms with Crippen LogP contribution in [0.2, 0.25) is 0 Å². The van der Waals surface area contributed by atoms with E-state index in [2.05, 4.69) is 6.92 Å². The van der Waals surface area contributed by atoms with Crippen molar-refractivity contribution in [1.82, 2.24) is 0 Å².